The summed E-state index contributed by atoms with van der Waals surface area (Å²) in [6, 6.07) is 17.4. The summed E-state index contributed by atoms with van der Waals surface area (Å²) in [5, 5.41) is 5.86. The molecule has 31 heavy (non-hydrogen) atoms. The molecular formula is C23H22N4O3S. The van der Waals surface area contributed by atoms with E-state index in [-0.39, 0.29) is 23.7 Å². The standard InChI is InChI=1S/C23H22N4O3S/c1-14-6-5-9-16(12-14)24-21(29)17-13-18(28)25-20-19(17)22(30)27-23(26-20)31-11-10-15-7-3-2-4-8-15/h2-9,12,17H,10-11,13H2,1H3,(H,24,29)(H2,25,26,27,28,30)/t17-/m0/s1. The Morgan fingerprint density at radius 1 is 1.16 bits per heavy atom. The van der Waals surface area contributed by atoms with Crippen LogP contribution < -0.4 is 16.2 Å². The van der Waals surface area contributed by atoms with Crippen LogP contribution in [0, 0.1) is 6.92 Å². The number of aryl methyl sites for hydroxylation is 2. The number of fused-ring (bicyclic) bond motifs is 1. The summed E-state index contributed by atoms with van der Waals surface area (Å²) in [6.07, 6.45) is 0.718. The normalized spacial score (nSPS) is 15.1. The number of hydrogen-bond donors (Lipinski definition) is 3. The maximum atomic E-state index is 12.9. The van der Waals surface area contributed by atoms with Gasteiger partial charge in [-0.3, -0.25) is 14.4 Å². The zero-order valence-electron chi connectivity index (χ0n) is 17.0. The first kappa shape index (κ1) is 20.9. The molecule has 0 bridgehead atoms. The topological polar surface area (TPSA) is 104 Å². The van der Waals surface area contributed by atoms with E-state index in [4.69, 9.17) is 0 Å². The molecule has 158 valence electrons. The molecular weight excluding hydrogens is 412 g/mol. The van der Waals surface area contributed by atoms with Crippen molar-refractivity contribution in [3.63, 3.8) is 0 Å². The lowest BCUT2D eigenvalue weighted by molar-refractivity contribution is -0.123. The van der Waals surface area contributed by atoms with Gasteiger partial charge >= 0.3 is 0 Å². The molecule has 0 radical (unpaired) electrons. The van der Waals surface area contributed by atoms with Gasteiger partial charge in [-0.25, -0.2) is 4.98 Å². The molecule has 0 unspecified atom stereocenters. The number of aromatic nitrogens is 2. The maximum Gasteiger partial charge on any atom is 0.257 e. The first-order valence-corrected chi connectivity index (χ1v) is 11.0. The molecule has 1 aliphatic heterocycles. The maximum absolute atomic E-state index is 12.9. The Morgan fingerprint density at radius 3 is 2.74 bits per heavy atom. The summed E-state index contributed by atoms with van der Waals surface area (Å²) in [4.78, 5) is 45.1. The van der Waals surface area contributed by atoms with Gasteiger partial charge in [0.15, 0.2) is 5.16 Å². The van der Waals surface area contributed by atoms with Crippen molar-refractivity contribution in [2.24, 2.45) is 0 Å². The molecule has 1 atom stereocenters. The molecule has 7 nitrogen and oxygen atoms in total. The van der Waals surface area contributed by atoms with Crippen molar-refractivity contribution in [1.29, 1.82) is 0 Å². The lowest BCUT2D eigenvalue weighted by atomic mass is 9.92. The van der Waals surface area contributed by atoms with Crippen LogP contribution in [0.3, 0.4) is 0 Å². The third-order valence-electron chi connectivity index (χ3n) is 5.00. The van der Waals surface area contributed by atoms with Crippen LogP contribution in [0.1, 0.15) is 29.0 Å². The molecule has 0 aliphatic carbocycles. The Morgan fingerprint density at radius 2 is 1.97 bits per heavy atom. The number of amides is 2. The van der Waals surface area contributed by atoms with Crippen molar-refractivity contribution in [2.45, 2.75) is 30.8 Å². The molecule has 2 heterocycles. The third kappa shape index (κ3) is 5.03. The average Bonchev–Trinajstić information content (AvgIpc) is 2.73. The Bertz CT molecular complexity index is 1180. The van der Waals surface area contributed by atoms with Crippen LogP contribution >= 0.6 is 11.8 Å². The van der Waals surface area contributed by atoms with Crippen molar-refractivity contribution >= 4 is 35.1 Å². The summed E-state index contributed by atoms with van der Waals surface area (Å²) >= 11 is 1.40. The highest BCUT2D eigenvalue weighted by Gasteiger charge is 2.34. The Balaban J connectivity index is 1.52. The van der Waals surface area contributed by atoms with E-state index in [0.717, 1.165) is 17.7 Å². The third-order valence-corrected chi connectivity index (χ3v) is 5.88. The average molecular weight is 435 g/mol. The highest BCUT2D eigenvalue weighted by atomic mass is 32.2. The number of rotatable bonds is 6. The van der Waals surface area contributed by atoms with Crippen molar-refractivity contribution < 1.29 is 9.59 Å². The molecule has 3 N–H and O–H groups in total. The minimum absolute atomic E-state index is 0.101. The number of hydrogen-bond acceptors (Lipinski definition) is 5. The van der Waals surface area contributed by atoms with E-state index in [0.29, 0.717) is 10.8 Å². The molecule has 1 aromatic heterocycles. The van der Waals surface area contributed by atoms with Crippen LogP contribution in [0.5, 0.6) is 0 Å². The number of thioether (sulfide) groups is 1. The van der Waals surface area contributed by atoms with Gasteiger partial charge in [0.05, 0.1) is 11.5 Å². The summed E-state index contributed by atoms with van der Waals surface area (Å²) in [6.45, 7) is 1.92. The number of benzene rings is 2. The van der Waals surface area contributed by atoms with Crippen molar-refractivity contribution in [3.05, 3.63) is 81.6 Å². The lowest BCUT2D eigenvalue weighted by Crippen LogP contribution is -2.36. The van der Waals surface area contributed by atoms with Crippen LogP contribution in [0.15, 0.2) is 64.5 Å². The Hall–Kier alpha value is -3.39. The fraction of sp³-hybridized carbons (Fsp3) is 0.217. The van der Waals surface area contributed by atoms with Gasteiger partial charge in [0, 0.05) is 17.9 Å². The predicted octanol–water partition coefficient (Wildman–Crippen LogP) is 3.48. The number of anilines is 2. The molecule has 4 rings (SSSR count). The van der Waals surface area contributed by atoms with Gasteiger partial charge in [-0.2, -0.15) is 0 Å². The summed E-state index contributed by atoms with van der Waals surface area (Å²) < 4.78 is 0. The molecule has 0 spiro atoms. The van der Waals surface area contributed by atoms with E-state index in [1.807, 2.05) is 55.5 Å². The van der Waals surface area contributed by atoms with E-state index in [1.165, 1.54) is 17.3 Å². The van der Waals surface area contributed by atoms with Gasteiger partial charge in [-0.15, -0.1) is 0 Å². The van der Waals surface area contributed by atoms with Gasteiger partial charge in [-0.1, -0.05) is 54.2 Å². The zero-order chi connectivity index (χ0) is 21.8. The van der Waals surface area contributed by atoms with Gasteiger partial charge < -0.3 is 15.6 Å². The second kappa shape index (κ2) is 9.18. The van der Waals surface area contributed by atoms with Crippen LogP contribution in [-0.4, -0.2) is 27.5 Å². The quantitative estimate of drug-likeness (QED) is 0.407. The summed E-state index contributed by atoms with van der Waals surface area (Å²) in [5.41, 5.74) is 2.59. The largest absolute Gasteiger partial charge is 0.326 e. The number of aromatic amines is 1. The van der Waals surface area contributed by atoms with E-state index in [1.54, 1.807) is 6.07 Å². The highest BCUT2D eigenvalue weighted by Crippen LogP contribution is 2.30. The summed E-state index contributed by atoms with van der Waals surface area (Å²) in [7, 11) is 0. The van der Waals surface area contributed by atoms with Crippen LogP contribution in [-0.2, 0) is 16.0 Å². The van der Waals surface area contributed by atoms with E-state index >= 15 is 0 Å². The molecule has 0 saturated carbocycles. The van der Waals surface area contributed by atoms with Gasteiger partial charge in [0.2, 0.25) is 11.8 Å². The lowest BCUT2D eigenvalue weighted by Gasteiger charge is -2.23. The second-order valence-electron chi connectivity index (χ2n) is 7.38. The number of carbonyl (C=O) groups excluding carboxylic acids is 2. The number of nitrogens with one attached hydrogen (secondary N) is 3. The Labute approximate surface area is 183 Å². The van der Waals surface area contributed by atoms with Crippen molar-refractivity contribution in [3.8, 4) is 0 Å². The van der Waals surface area contributed by atoms with Crippen LogP contribution in [0.2, 0.25) is 0 Å². The molecule has 0 saturated heterocycles. The first-order valence-electron chi connectivity index (χ1n) is 9.98. The van der Waals surface area contributed by atoms with Gasteiger partial charge in [-0.05, 0) is 36.6 Å². The predicted molar refractivity (Wildman–Crippen MR) is 122 cm³/mol. The molecule has 0 fully saturated rings. The van der Waals surface area contributed by atoms with E-state index < -0.39 is 17.4 Å². The van der Waals surface area contributed by atoms with Gasteiger partial charge in [0.1, 0.15) is 5.82 Å². The fourth-order valence-corrected chi connectivity index (χ4v) is 4.36. The van der Waals surface area contributed by atoms with Gasteiger partial charge in [0.25, 0.3) is 5.56 Å². The molecule has 1 aliphatic rings. The fourth-order valence-electron chi connectivity index (χ4n) is 3.51. The number of H-pyrrole nitrogens is 1. The monoisotopic (exact) mass is 434 g/mol. The first-order chi connectivity index (χ1) is 15.0. The molecule has 2 amide bonds. The molecule has 8 heteroatoms. The van der Waals surface area contributed by atoms with Crippen molar-refractivity contribution in [2.75, 3.05) is 16.4 Å². The number of carbonyl (C=O) groups is 2. The molecule has 2 aromatic carbocycles. The zero-order valence-corrected chi connectivity index (χ0v) is 17.8. The van der Waals surface area contributed by atoms with E-state index in [9.17, 15) is 14.4 Å². The minimum Gasteiger partial charge on any atom is -0.326 e. The van der Waals surface area contributed by atoms with Crippen molar-refractivity contribution in [1.82, 2.24) is 9.97 Å². The van der Waals surface area contributed by atoms with Crippen LogP contribution in [0.4, 0.5) is 11.5 Å². The second-order valence-corrected chi connectivity index (χ2v) is 8.46. The smallest absolute Gasteiger partial charge is 0.257 e. The van der Waals surface area contributed by atoms with E-state index in [2.05, 4.69) is 20.6 Å². The minimum atomic E-state index is -0.899. The SMILES string of the molecule is Cc1cccc(NC(=O)[C@H]2CC(=O)Nc3nc(SCCc4ccccc4)[nH]c(=O)c32)c1. The molecule has 3 aromatic rings. The highest BCUT2D eigenvalue weighted by molar-refractivity contribution is 7.99. The van der Waals surface area contributed by atoms with Crippen LogP contribution in [0.25, 0.3) is 0 Å². The number of nitrogens with zero attached hydrogens (tertiary/aromatic N) is 1. The Kier molecular flexibility index (Phi) is 6.18. The summed E-state index contributed by atoms with van der Waals surface area (Å²) in [5.74, 6) is -0.763.